The minimum atomic E-state index is 0.268. The molecule has 0 amide bonds. The van der Waals surface area contributed by atoms with Crippen LogP contribution >= 0.6 is 11.3 Å². The van der Waals surface area contributed by atoms with Crippen LogP contribution in [0.3, 0.4) is 0 Å². The molecule has 4 nitrogen and oxygen atoms in total. The maximum absolute atomic E-state index is 4.37. The number of rotatable bonds is 4. The summed E-state index contributed by atoms with van der Waals surface area (Å²) in [4.78, 5) is 8.72. The Kier molecular flexibility index (Phi) is 3.66. The SMILES string of the molecule is CC1(c2cncn2CCc2nccs2)CCNCC1. The summed E-state index contributed by atoms with van der Waals surface area (Å²) in [6.07, 6.45) is 9.27. The molecule has 102 valence electrons. The molecule has 1 saturated heterocycles. The molecule has 1 N–H and O–H groups in total. The first-order valence-corrected chi connectivity index (χ1v) is 7.76. The van der Waals surface area contributed by atoms with E-state index in [0.29, 0.717) is 0 Å². The molecular weight excluding hydrogens is 256 g/mol. The van der Waals surface area contributed by atoms with Crippen LogP contribution < -0.4 is 5.32 Å². The van der Waals surface area contributed by atoms with Gasteiger partial charge in [-0.2, -0.15) is 0 Å². The molecule has 2 aromatic rings. The zero-order chi connectivity index (χ0) is 13.1. The summed E-state index contributed by atoms with van der Waals surface area (Å²) < 4.78 is 2.31. The van der Waals surface area contributed by atoms with Crippen molar-refractivity contribution in [1.29, 1.82) is 0 Å². The fourth-order valence-corrected chi connectivity index (χ4v) is 3.44. The van der Waals surface area contributed by atoms with E-state index in [1.165, 1.54) is 23.5 Å². The van der Waals surface area contributed by atoms with Crippen molar-refractivity contribution in [2.75, 3.05) is 13.1 Å². The smallest absolute Gasteiger partial charge is 0.0948 e. The van der Waals surface area contributed by atoms with Gasteiger partial charge in [0.15, 0.2) is 0 Å². The van der Waals surface area contributed by atoms with Crippen LogP contribution in [-0.2, 0) is 18.4 Å². The summed E-state index contributed by atoms with van der Waals surface area (Å²) >= 11 is 1.73. The molecule has 0 saturated carbocycles. The van der Waals surface area contributed by atoms with Crippen LogP contribution in [-0.4, -0.2) is 27.6 Å². The second kappa shape index (κ2) is 5.43. The van der Waals surface area contributed by atoms with E-state index in [1.807, 2.05) is 24.1 Å². The topological polar surface area (TPSA) is 42.7 Å². The van der Waals surface area contributed by atoms with Gasteiger partial charge in [0.2, 0.25) is 0 Å². The van der Waals surface area contributed by atoms with Crippen molar-refractivity contribution in [3.05, 3.63) is 34.8 Å². The Morgan fingerprint density at radius 3 is 3.00 bits per heavy atom. The fourth-order valence-electron chi connectivity index (χ4n) is 2.83. The summed E-state index contributed by atoms with van der Waals surface area (Å²) in [5.41, 5.74) is 1.65. The van der Waals surface area contributed by atoms with Gasteiger partial charge in [-0.1, -0.05) is 6.92 Å². The Balaban J connectivity index is 1.74. The molecule has 0 aromatic carbocycles. The minimum absolute atomic E-state index is 0.268. The van der Waals surface area contributed by atoms with Gasteiger partial charge in [0.1, 0.15) is 0 Å². The number of hydrogen-bond acceptors (Lipinski definition) is 4. The van der Waals surface area contributed by atoms with E-state index in [-0.39, 0.29) is 5.41 Å². The van der Waals surface area contributed by atoms with Crippen molar-refractivity contribution in [3.63, 3.8) is 0 Å². The summed E-state index contributed by atoms with van der Waals surface area (Å²) in [5, 5.41) is 6.68. The largest absolute Gasteiger partial charge is 0.334 e. The third-order valence-electron chi connectivity index (χ3n) is 4.09. The van der Waals surface area contributed by atoms with Crippen molar-refractivity contribution < 1.29 is 0 Å². The van der Waals surface area contributed by atoms with Crippen LogP contribution in [0.1, 0.15) is 30.5 Å². The molecule has 1 aliphatic heterocycles. The van der Waals surface area contributed by atoms with Crippen molar-refractivity contribution in [3.8, 4) is 0 Å². The Morgan fingerprint density at radius 2 is 2.26 bits per heavy atom. The average molecular weight is 276 g/mol. The highest BCUT2D eigenvalue weighted by Gasteiger charge is 2.31. The predicted molar refractivity (Wildman–Crippen MR) is 77.5 cm³/mol. The van der Waals surface area contributed by atoms with Gasteiger partial charge in [0.05, 0.1) is 11.3 Å². The molecule has 19 heavy (non-hydrogen) atoms. The van der Waals surface area contributed by atoms with Gasteiger partial charge in [-0.15, -0.1) is 11.3 Å². The molecular formula is C14H20N4S. The number of aromatic nitrogens is 3. The standard InChI is InChI=1S/C14H20N4S/c1-14(3-5-15-6-4-14)12-10-16-11-18(12)8-2-13-17-7-9-19-13/h7,9-11,15H,2-6,8H2,1H3. The second-order valence-corrected chi connectivity index (χ2v) is 6.44. The lowest BCUT2D eigenvalue weighted by molar-refractivity contribution is 0.316. The van der Waals surface area contributed by atoms with Crippen molar-refractivity contribution >= 4 is 11.3 Å². The number of hydrogen-bond donors (Lipinski definition) is 1. The van der Waals surface area contributed by atoms with E-state index in [9.17, 15) is 0 Å². The fraction of sp³-hybridized carbons (Fsp3) is 0.571. The van der Waals surface area contributed by atoms with Crippen LogP contribution in [0.2, 0.25) is 0 Å². The van der Waals surface area contributed by atoms with Gasteiger partial charge in [-0.25, -0.2) is 9.97 Å². The molecule has 0 bridgehead atoms. The molecule has 0 spiro atoms. The third-order valence-corrected chi connectivity index (χ3v) is 4.93. The van der Waals surface area contributed by atoms with Gasteiger partial charge in [0, 0.05) is 41.8 Å². The molecule has 0 unspecified atom stereocenters. The van der Waals surface area contributed by atoms with Crippen molar-refractivity contribution in [1.82, 2.24) is 19.9 Å². The zero-order valence-electron chi connectivity index (χ0n) is 11.3. The summed E-state index contributed by atoms with van der Waals surface area (Å²) in [6, 6.07) is 0. The van der Waals surface area contributed by atoms with Crippen LogP contribution in [0, 0.1) is 0 Å². The predicted octanol–water partition coefficient (Wildman–Crippen LogP) is 2.22. The normalized spacial score (nSPS) is 18.6. The van der Waals surface area contributed by atoms with Gasteiger partial charge in [-0.3, -0.25) is 0 Å². The highest BCUT2D eigenvalue weighted by Crippen LogP contribution is 2.32. The minimum Gasteiger partial charge on any atom is -0.334 e. The quantitative estimate of drug-likeness (QED) is 0.931. The Bertz CT molecular complexity index is 511. The number of imidazole rings is 1. The first-order valence-electron chi connectivity index (χ1n) is 6.88. The van der Waals surface area contributed by atoms with Gasteiger partial charge < -0.3 is 9.88 Å². The number of piperidine rings is 1. The van der Waals surface area contributed by atoms with E-state index in [0.717, 1.165) is 26.1 Å². The molecule has 0 aliphatic carbocycles. The molecule has 0 radical (unpaired) electrons. The van der Waals surface area contributed by atoms with Gasteiger partial charge in [-0.05, 0) is 25.9 Å². The van der Waals surface area contributed by atoms with Crippen LogP contribution in [0.5, 0.6) is 0 Å². The first kappa shape index (κ1) is 12.8. The molecule has 2 aromatic heterocycles. The van der Waals surface area contributed by atoms with Gasteiger partial charge >= 0.3 is 0 Å². The summed E-state index contributed by atoms with van der Waals surface area (Å²) in [5.74, 6) is 0. The van der Waals surface area contributed by atoms with E-state index >= 15 is 0 Å². The Morgan fingerprint density at radius 1 is 1.42 bits per heavy atom. The van der Waals surface area contributed by atoms with E-state index in [2.05, 4.69) is 26.8 Å². The van der Waals surface area contributed by atoms with E-state index in [1.54, 1.807) is 11.3 Å². The van der Waals surface area contributed by atoms with Crippen LogP contribution in [0.25, 0.3) is 0 Å². The third kappa shape index (κ3) is 2.72. The molecule has 3 rings (SSSR count). The lowest BCUT2D eigenvalue weighted by Crippen LogP contribution is -2.39. The zero-order valence-corrected chi connectivity index (χ0v) is 12.1. The maximum atomic E-state index is 4.37. The first-order chi connectivity index (χ1) is 9.28. The average Bonchev–Trinajstić information content (AvgIpc) is 3.09. The van der Waals surface area contributed by atoms with Crippen molar-refractivity contribution in [2.24, 2.45) is 0 Å². The molecule has 1 fully saturated rings. The molecule has 0 atom stereocenters. The highest BCUT2D eigenvalue weighted by molar-refractivity contribution is 7.09. The monoisotopic (exact) mass is 276 g/mol. The number of thiazole rings is 1. The van der Waals surface area contributed by atoms with Crippen LogP contribution in [0.15, 0.2) is 24.1 Å². The second-order valence-electron chi connectivity index (χ2n) is 5.46. The lowest BCUT2D eigenvalue weighted by Gasteiger charge is -2.34. The van der Waals surface area contributed by atoms with E-state index < -0.39 is 0 Å². The highest BCUT2D eigenvalue weighted by atomic mass is 32.1. The number of nitrogens with one attached hydrogen (secondary N) is 1. The molecule has 1 aliphatic rings. The Labute approximate surface area is 117 Å². The summed E-state index contributed by atoms with van der Waals surface area (Å²) in [7, 11) is 0. The van der Waals surface area contributed by atoms with Gasteiger partial charge in [0.25, 0.3) is 0 Å². The number of aryl methyl sites for hydroxylation is 2. The van der Waals surface area contributed by atoms with Crippen LogP contribution in [0.4, 0.5) is 0 Å². The lowest BCUT2D eigenvalue weighted by atomic mass is 9.78. The van der Waals surface area contributed by atoms with E-state index in [4.69, 9.17) is 0 Å². The molecule has 5 heteroatoms. The summed E-state index contributed by atoms with van der Waals surface area (Å²) in [6.45, 7) is 5.55. The maximum Gasteiger partial charge on any atom is 0.0948 e. The number of nitrogens with zero attached hydrogens (tertiary/aromatic N) is 3. The Hall–Kier alpha value is -1.20. The molecule has 3 heterocycles. The van der Waals surface area contributed by atoms with Crippen molar-refractivity contribution in [2.45, 2.75) is 38.1 Å².